The van der Waals surface area contributed by atoms with Gasteiger partial charge in [-0.05, 0) is 44.5 Å². The molecule has 0 N–H and O–H groups in total. The molecule has 0 radical (unpaired) electrons. The Morgan fingerprint density at radius 2 is 2.15 bits per heavy atom. The molecule has 6 nitrogen and oxygen atoms in total. The second-order valence-electron chi connectivity index (χ2n) is 4.45. The minimum atomic E-state index is -0.0264. The number of anilines is 1. The van der Waals surface area contributed by atoms with Gasteiger partial charge >= 0.3 is 6.01 Å². The van der Waals surface area contributed by atoms with Gasteiger partial charge in [0.25, 0.3) is 0 Å². The maximum Gasteiger partial charge on any atom is 0.322 e. The summed E-state index contributed by atoms with van der Waals surface area (Å²) in [6.45, 7) is 7.08. The number of aromatic nitrogens is 3. The molecule has 0 aliphatic heterocycles. The van der Waals surface area contributed by atoms with Crippen molar-refractivity contribution in [3.05, 3.63) is 29.4 Å². The summed E-state index contributed by atoms with van der Waals surface area (Å²) in [4.78, 5) is 14.3. The zero-order valence-electron chi connectivity index (χ0n) is 11.7. The Labute approximate surface area is 122 Å². The second-order valence-corrected chi connectivity index (χ2v) is 4.79. The summed E-state index contributed by atoms with van der Waals surface area (Å²) in [5.41, 5.74) is 0. The second kappa shape index (κ2) is 6.56. The maximum atomic E-state index is 5.92. The Balaban J connectivity index is 2.22. The average molecular weight is 297 g/mol. The molecule has 2 heterocycles. The van der Waals surface area contributed by atoms with E-state index in [9.17, 15) is 0 Å². The molecule has 0 atom stereocenters. The minimum Gasteiger partial charge on any atom is -0.467 e. The van der Waals surface area contributed by atoms with E-state index in [1.54, 1.807) is 6.26 Å². The van der Waals surface area contributed by atoms with E-state index in [1.165, 1.54) is 0 Å². The molecule has 0 amide bonds. The third-order valence-electron chi connectivity index (χ3n) is 2.51. The van der Waals surface area contributed by atoms with Crippen molar-refractivity contribution in [1.82, 2.24) is 15.0 Å². The Hall–Kier alpha value is -1.82. The molecule has 0 fully saturated rings. The van der Waals surface area contributed by atoms with Crippen LogP contribution in [-0.2, 0) is 6.54 Å². The fourth-order valence-electron chi connectivity index (χ4n) is 1.64. The highest BCUT2D eigenvalue weighted by atomic mass is 35.5. The molecule has 0 aromatic carbocycles. The molecule has 0 unspecified atom stereocenters. The van der Waals surface area contributed by atoms with Gasteiger partial charge in [0.2, 0.25) is 11.2 Å². The lowest BCUT2D eigenvalue weighted by molar-refractivity contribution is 0.221. The normalized spacial score (nSPS) is 10.8. The summed E-state index contributed by atoms with van der Waals surface area (Å²) in [7, 11) is 0. The molecular formula is C13H17ClN4O2. The van der Waals surface area contributed by atoms with E-state index >= 15 is 0 Å². The first-order valence-corrected chi connectivity index (χ1v) is 6.82. The van der Waals surface area contributed by atoms with Gasteiger partial charge in [-0.3, -0.25) is 0 Å². The van der Waals surface area contributed by atoms with Crippen LogP contribution in [0.15, 0.2) is 22.8 Å². The fourth-order valence-corrected chi connectivity index (χ4v) is 1.79. The quantitative estimate of drug-likeness (QED) is 0.816. The highest BCUT2D eigenvalue weighted by Crippen LogP contribution is 2.18. The number of halogens is 1. The first-order chi connectivity index (χ1) is 9.58. The zero-order valence-corrected chi connectivity index (χ0v) is 12.5. The van der Waals surface area contributed by atoms with E-state index in [0.717, 1.165) is 5.76 Å². The summed E-state index contributed by atoms with van der Waals surface area (Å²) in [6, 6.07) is 3.97. The maximum absolute atomic E-state index is 5.92. The predicted molar refractivity (Wildman–Crippen MR) is 76.0 cm³/mol. The standard InChI is InChI=1S/C13H17ClN4O2/c1-4-18(8-10-6-5-7-19-10)12-15-11(14)16-13(17-12)20-9(2)3/h5-7,9H,4,8H2,1-3H3. The zero-order chi connectivity index (χ0) is 14.5. The van der Waals surface area contributed by atoms with Crippen LogP contribution in [-0.4, -0.2) is 27.6 Å². The van der Waals surface area contributed by atoms with Gasteiger partial charge in [0.1, 0.15) is 5.76 Å². The molecule has 2 rings (SSSR count). The number of hydrogen-bond acceptors (Lipinski definition) is 6. The van der Waals surface area contributed by atoms with E-state index < -0.39 is 0 Å². The van der Waals surface area contributed by atoms with Crippen molar-refractivity contribution in [3.63, 3.8) is 0 Å². The summed E-state index contributed by atoms with van der Waals surface area (Å²) in [5.74, 6) is 1.30. The number of furan rings is 1. The fraction of sp³-hybridized carbons (Fsp3) is 0.462. The van der Waals surface area contributed by atoms with Crippen LogP contribution in [0, 0.1) is 0 Å². The predicted octanol–water partition coefficient (Wildman–Crippen LogP) is 2.93. The average Bonchev–Trinajstić information content (AvgIpc) is 2.87. The Bertz CT molecular complexity index is 545. The van der Waals surface area contributed by atoms with Crippen LogP contribution < -0.4 is 9.64 Å². The number of hydrogen-bond donors (Lipinski definition) is 0. The van der Waals surface area contributed by atoms with Crippen LogP contribution in [0.2, 0.25) is 5.28 Å². The van der Waals surface area contributed by atoms with Crippen molar-refractivity contribution < 1.29 is 9.15 Å². The Morgan fingerprint density at radius 1 is 1.35 bits per heavy atom. The van der Waals surface area contributed by atoms with Crippen LogP contribution in [0.5, 0.6) is 6.01 Å². The van der Waals surface area contributed by atoms with Crippen LogP contribution in [0.25, 0.3) is 0 Å². The van der Waals surface area contributed by atoms with Crippen LogP contribution in [0.3, 0.4) is 0 Å². The highest BCUT2D eigenvalue weighted by molar-refractivity contribution is 6.28. The van der Waals surface area contributed by atoms with Crippen molar-refractivity contribution in [2.45, 2.75) is 33.4 Å². The summed E-state index contributed by atoms with van der Waals surface area (Å²) < 4.78 is 10.8. The monoisotopic (exact) mass is 296 g/mol. The smallest absolute Gasteiger partial charge is 0.322 e. The van der Waals surface area contributed by atoms with Crippen molar-refractivity contribution in [2.75, 3.05) is 11.4 Å². The molecule has 0 aliphatic carbocycles. The third kappa shape index (κ3) is 3.84. The minimum absolute atomic E-state index is 0.0264. The first-order valence-electron chi connectivity index (χ1n) is 6.44. The summed E-state index contributed by atoms with van der Waals surface area (Å²) in [6.07, 6.45) is 1.61. The van der Waals surface area contributed by atoms with Gasteiger partial charge in [0, 0.05) is 6.54 Å². The molecule has 0 aliphatic rings. The third-order valence-corrected chi connectivity index (χ3v) is 2.68. The van der Waals surface area contributed by atoms with Crippen LogP contribution in [0.4, 0.5) is 5.95 Å². The number of rotatable bonds is 6. The Kier molecular flexibility index (Phi) is 4.79. The lowest BCUT2D eigenvalue weighted by atomic mass is 10.4. The molecule has 2 aromatic heterocycles. The lowest BCUT2D eigenvalue weighted by Gasteiger charge is -2.20. The molecule has 0 bridgehead atoms. The van der Waals surface area contributed by atoms with E-state index in [0.29, 0.717) is 19.0 Å². The van der Waals surface area contributed by atoms with Gasteiger partial charge in [-0.1, -0.05) is 0 Å². The van der Waals surface area contributed by atoms with E-state index in [4.69, 9.17) is 20.8 Å². The van der Waals surface area contributed by atoms with Gasteiger partial charge in [0.05, 0.1) is 18.9 Å². The lowest BCUT2D eigenvalue weighted by Crippen LogP contribution is -2.24. The Morgan fingerprint density at radius 3 is 2.75 bits per heavy atom. The molecule has 7 heteroatoms. The van der Waals surface area contributed by atoms with Gasteiger partial charge in [-0.2, -0.15) is 15.0 Å². The van der Waals surface area contributed by atoms with Gasteiger partial charge < -0.3 is 14.1 Å². The van der Waals surface area contributed by atoms with E-state index in [2.05, 4.69) is 15.0 Å². The molecule has 0 saturated heterocycles. The molecular weight excluding hydrogens is 280 g/mol. The van der Waals surface area contributed by atoms with Crippen LogP contribution >= 0.6 is 11.6 Å². The molecule has 108 valence electrons. The van der Waals surface area contributed by atoms with Gasteiger partial charge in [-0.25, -0.2) is 0 Å². The number of nitrogens with zero attached hydrogens (tertiary/aromatic N) is 4. The van der Waals surface area contributed by atoms with E-state index in [-0.39, 0.29) is 17.4 Å². The van der Waals surface area contributed by atoms with E-state index in [1.807, 2.05) is 37.8 Å². The summed E-state index contributed by atoms with van der Waals surface area (Å²) >= 11 is 5.92. The van der Waals surface area contributed by atoms with Gasteiger partial charge in [0.15, 0.2) is 0 Å². The van der Waals surface area contributed by atoms with Crippen LogP contribution in [0.1, 0.15) is 26.5 Å². The van der Waals surface area contributed by atoms with Crippen molar-refractivity contribution >= 4 is 17.5 Å². The van der Waals surface area contributed by atoms with Crippen molar-refractivity contribution in [1.29, 1.82) is 0 Å². The molecule has 2 aromatic rings. The largest absolute Gasteiger partial charge is 0.467 e. The first kappa shape index (κ1) is 14.6. The van der Waals surface area contributed by atoms with Crippen molar-refractivity contribution in [3.8, 4) is 6.01 Å². The van der Waals surface area contributed by atoms with Gasteiger partial charge in [-0.15, -0.1) is 0 Å². The SMILES string of the molecule is CCN(Cc1ccco1)c1nc(Cl)nc(OC(C)C)n1. The highest BCUT2D eigenvalue weighted by Gasteiger charge is 2.14. The molecule has 0 saturated carbocycles. The molecule has 20 heavy (non-hydrogen) atoms. The molecule has 0 spiro atoms. The van der Waals surface area contributed by atoms with Crippen molar-refractivity contribution in [2.24, 2.45) is 0 Å². The number of ether oxygens (including phenoxy) is 1. The summed E-state index contributed by atoms with van der Waals surface area (Å²) in [5, 5.41) is 0.114. The topological polar surface area (TPSA) is 64.3 Å².